The molecule has 2 aromatic rings. The van der Waals surface area contributed by atoms with Crippen molar-refractivity contribution >= 4 is 11.8 Å². The fourth-order valence-electron chi connectivity index (χ4n) is 1.77. The van der Waals surface area contributed by atoms with Crippen molar-refractivity contribution in [2.24, 2.45) is 0 Å². The number of hydrogen-bond acceptors (Lipinski definition) is 5. The molecule has 6 nitrogen and oxygen atoms in total. The highest BCUT2D eigenvalue weighted by Crippen LogP contribution is 2.14. The highest BCUT2D eigenvalue weighted by molar-refractivity contribution is 5.46. The number of aryl methyl sites for hydroxylation is 2. The highest BCUT2D eigenvalue weighted by Gasteiger charge is 2.08. The summed E-state index contributed by atoms with van der Waals surface area (Å²) in [5.74, 6) is 1.66. The Kier molecular flexibility index (Phi) is 3.45. The summed E-state index contributed by atoms with van der Waals surface area (Å²) < 4.78 is 1.77. The molecule has 0 fully saturated rings. The van der Waals surface area contributed by atoms with Crippen LogP contribution in [0.3, 0.4) is 0 Å². The molecule has 6 heteroatoms. The molecular formula is C12H18N6. The second-order valence-corrected chi connectivity index (χ2v) is 4.24. The summed E-state index contributed by atoms with van der Waals surface area (Å²) >= 11 is 0. The zero-order valence-electron chi connectivity index (χ0n) is 10.9. The van der Waals surface area contributed by atoms with E-state index < -0.39 is 0 Å². The molecule has 0 aliphatic heterocycles. The predicted octanol–water partition coefficient (Wildman–Crippen LogP) is 1.68. The van der Waals surface area contributed by atoms with Crippen molar-refractivity contribution < 1.29 is 0 Å². The SMILES string of the molecule is CCCNc1cc(-n2nc(C)cc2C)nc(N)n1. The number of nitrogens with two attached hydrogens (primary N) is 1. The third-order valence-electron chi connectivity index (χ3n) is 2.51. The van der Waals surface area contributed by atoms with E-state index in [1.54, 1.807) is 4.68 Å². The van der Waals surface area contributed by atoms with Gasteiger partial charge in [-0.2, -0.15) is 15.1 Å². The lowest BCUT2D eigenvalue weighted by Crippen LogP contribution is -2.09. The lowest BCUT2D eigenvalue weighted by Gasteiger charge is -2.08. The molecule has 0 atom stereocenters. The largest absolute Gasteiger partial charge is 0.370 e. The van der Waals surface area contributed by atoms with Gasteiger partial charge >= 0.3 is 0 Å². The first-order valence-corrected chi connectivity index (χ1v) is 6.02. The first-order chi connectivity index (χ1) is 8.60. The minimum atomic E-state index is 0.249. The lowest BCUT2D eigenvalue weighted by atomic mass is 10.4. The van der Waals surface area contributed by atoms with Gasteiger partial charge in [0.15, 0.2) is 5.82 Å². The molecule has 0 aromatic carbocycles. The molecule has 0 amide bonds. The van der Waals surface area contributed by atoms with E-state index in [-0.39, 0.29) is 5.95 Å². The van der Waals surface area contributed by atoms with Gasteiger partial charge in [-0.3, -0.25) is 0 Å². The zero-order chi connectivity index (χ0) is 13.1. The number of nitrogens with zero attached hydrogens (tertiary/aromatic N) is 4. The molecule has 0 bridgehead atoms. The van der Waals surface area contributed by atoms with Crippen molar-refractivity contribution in [3.63, 3.8) is 0 Å². The third-order valence-corrected chi connectivity index (χ3v) is 2.51. The van der Waals surface area contributed by atoms with Crippen LogP contribution in [0.5, 0.6) is 0 Å². The Bertz CT molecular complexity index is 545. The normalized spacial score (nSPS) is 10.6. The van der Waals surface area contributed by atoms with Crippen LogP contribution in [0.4, 0.5) is 11.8 Å². The van der Waals surface area contributed by atoms with Crippen LogP contribution in [0.15, 0.2) is 12.1 Å². The number of nitrogen functional groups attached to an aromatic ring is 1. The van der Waals surface area contributed by atoms with E-state index in [0.717, 1.165) is 30.2 Å². The number of anilines is 2. The van der Waals surface area contributed by atoms with E-state index in [1.807, 2.05) is 26.0 Å². The smallest absolute Gasteiger partial charge is 0.224 e. The fraction of sp³-hybridized carbons (Fsp3) is 0.417. The molecule has 2 aromatic heterocycles. The van der Waals surface area contributed by atoms with Gasteiger partial charge in [-0.15, -0.1) is 0 Å². The molecule has 0 radical (unpaired) electrons. The molecule has 0 aliphatic carbocycles. The van der Waals surface area contributed by atoms with Crippen LogP contribution < -0.4 is 11.1 Å². The molecule has 96 valence electrons. The van der Waals surface area contributed by atoms with Crippen LogP contribution in [0, 0.1) is 13.8 Å². The molecule has 18 heavy (non-hydrogen) atoms. The van der Waals surface area contributed by atoms with Gasteiger partial charge in [0.2, 0.25) is 5.95 Å². The number of aromatic nitrogens is 4. The van der Waals surface area contributed by atoms with Crippen molar-refractivity contribution in [2.45, 2.75) is 27.2 Å². The van der Waals surface area contributed by atoms with Gasteiger partial charge in [-0.1, -0.05) is 6.92 Å². The van der Waals surface area contributed by atoms with E-state index in [9.17, 15) is 0 Å². The van der Waals surface area contributed by atoms with Crippen LogP contribution in [0.2, 0.25) is 0 Å². The van der Waals surface area contributed by atoms with Gasteiger partial charge in [0.1, 0.15) is 5.82 Å². The van der Waals surface area contributed by atoms with Crippen molar-refractivity contribution in [2.75, 3.05) is 17.6 Å². The quantitative estimate of drug-likeness (QED) is 0.857. The molecule has 0 saturated heterocycles. The summed E-state index contributed by atoms with van der Waals surface area (Å²) in [6, 6.07) is 3.85. The van der Waals surface area contributed by atoms with E-state index in [2.05, 4.69) is 27.3 Å². The maximum absolute atomic E-state index is 5.72. The molecule has 2 heterocycles. The Morgan fingerprint density at radius 3 is 2.67 bits per heavy atom. The molecule has 3 N–H and O–H groups in total. The average molecular weight is 246 g/mol. The van der Waals surface area contributed by atoms with Crippen LogP contribution >= 0.6 is 0 Å². The maximum Gasteiger partial charge on any atom is 0.224 e. The van der Waals surface area contributed by atoms with E-state index in [4.69, 9.17) is 5.73 Å². The minimum Gasteiger partial charge on any atom is -0.370 e. The van der Waals surface area contributed by atoms with Crippen LogP contribution in [0.1, 0.15) is 24.7 Å². The molecule has 0 spiro atoms. The Morgan fingerprint density at radius 2 is 2.06 bits per heavy atom. The summed E-state index contributed by atoms with van der Waals surface area (Å²) in [6.45, 7) is 6.88. The van der Waals surface area contributed by atoms with Gasteiger partial charge in [-0.05, 0) is 26.3 Å². The first-order valence-electron chi connectivity index (χ1n) is 6.02. The molecular weight excluding hydrogens is 228 g/mol. The van der Waals surface area contributed by atoms with Crippen molar-refractivity contribution in [3.05, 3.63) is 23.5 Å². The summed E-state index contributed by atoms with van der Waals surface area (Å²) in [7, 11) is 0. The summed E-state index contributed by atoms with van der Waals surface area (Å²) in [5.41, 5.74) is 7.69. The standard InChI is InChI=1S/C12H18N6/c1-4-5-14-10-7-11(16-12(13)15-10)18-9(3)6-8(2)17-18/h6-7H,4-5H2,1-3H3,(H3,13,14,15,16). The topological polar surface area (TPSA) is 81.7 Å². The predicted molar refractivity (Wildman–Crippen MR) is 71.8 cm³/mol. The summed E-state index contributed by atoms with van der Waals surface area (Å²) in [6.07, 6.45) is 1.03. The fourth-order valence-corrected chi connectivity index (χ4v) is 1.77. The Labute approximate surface area is 106 Å². The van der Waals surface area contributed by atoms with E-state index in [0.29, 0.717) is 5.82 Å². The van der Waals surface area contributed by atoms with Crippen LogP contribution in [0.25, 0.3) is 5.82 Å². The highest BCUT2D eigenvalue weighted by atomic mass is 15.3. The molecule has 0 saturated carbocycles. The van der Waals surface area contributed by atoms with Crippen molar-refractivity contribution in [1.82, 2.24) is 19.7 Å². The zero-order valence-corrected chi connectivity index (χ0v) is 10.9. The molecule has 0 aliphatic rings. The number of rotatable bonds is 4. The molecule has 0 unspecified atom stereocenters. The average Bonchev–Trinajstić information content (AvgIpc) is 2.65. The van der Waals surface area contributed by atoms with Gasteiger partial charge in [0, 0.05) is 18.3 Å². The Balaban J connectivity index is 2.38. The van der Waals surface area contributed by atoms with Gasteiger partial charge in [0.25, 0.3) is 0 Å². The summed E-state index contributed by atoms with van der Waals surface area (Å²) in [4.78, 5) is 8.36. The first kappa shape index (κ1) is 12.3. The van der Waals surface area contributed by atoms with Crippen LogP contribution in [-0.2, 0) is 0 Å². The van der Waals surface area contributed by atoms with Crippen molar-refractivity contribution in [3.8, 4) is 5.82 Å². The van der Waals surface area contributed by atoms with Crippen LogP contribution in [-0.4, -0.2) is 26.3 Å². The van der Waals surface area contributed by atoms with E-state index in [1.165, 1.54) is 0 Å². The second-order valence-electron chi connectivity index (χ2n) is 4.24. The lowest BCUT2D eigenvalue weighted by molar-refractivity contribution is 0.803. The van der Waals surface area contributed by atoms with E-state index >= 15 is 0 Å². The number of hydrogen-bond donors (Lipinski definition) is 2. The van der Waals surface area contributed by atoms with Crippen molar-refractivity contribution in [1.29, 1.82) is 0 Å². The minimum absolute atomic E-state index is 0.249. The summed E-state index contributed by atoms with van der Waals surface area (Å²) in [5, 5.41) is 7.59. The third kappa shape index (κ3) is 2.58. The Morgan fingerprint density at radius 1 is 1.28 bits per heavy atom. The second kappa shape index (κ2) is 5.03. The maximum atomic E-state index is 5.72. The van der Waals surface area contributed by atoms with Gasteiger partial charge < -0.3 is 11.1 Å². The monoisotopic (exact) mass is 246 g/mol. The Hall–Kier alpha value is -2.11. The molecule has 2 rings (SSSR count). The van der Waals surface area contributed by atoms with Gasteiger partial charge in [0.05, 0.1) is 5.69 Å². The van der Waals surface area contributed by atoms with Gasteiger partial charge in [-0.25, -0.2) is 4.68 Å². The number of nitrogens with one attached hydrogen (secondary N) is 1.